The molecule has 0 bridgehead atoms. The first-order valence-corrected chi connectivity index (χ1v) is 21.0. The van der Waals surface area contributed by atoms with Crippen LogP contribution in [0.2, 0.25) is 10.0 Å². The fourth-order valence-electron chi connectivity index (χ4n) is 8.27. The normalized spacial score (nSPS) is 17.7. The molecule has 5 aromatic rings. The molecule has 2 heterocycles. The van der Waals surface area contributed by atoms with Gasteiger partial charge < -0.3 is 30.1 Å². The Morgan fingerprint density at radius 3 is 2.23 bits per heavy atom. The van der Waals surface area contributed by atoms with Crippen LogP contribution in [0.1, 0.15) is 71.6 Å². The minimum Gasteiger partial charge on any atom is -0.489 e. The van der Waals surface area contributed by atoms with Crippen LogP contribution in [-0.4, -0.2) is 45.8 Å². The quantitative estimate of drug-likeness (QED) is 0.119. The van der Waals surface area contributed by atoms with Crippen LogP contribution in [0.15, 0.2) is 103 Å². The maximum absolute atomic E-state index is 14.2. The number of anilines is 1. The molecule has 3 atom stereocenters. The van der Waals surface area contributed by atoms with Crippen molar-refractivity contribution >= 4 is 52.6 Å². The van der Waals surface area contributed by atoms with Gasteiger partial charge in [-0.05, 0) is 94.8 Å². The predicted molar refractivity (Wildman–Crippen MR) is 230 cm³/mol. The Labute approximate surface area is 363 Å². The molecule has 2 aliphatic heterocycles. The molecule has 1 unspecified atom stereocenters. The van der Waals surface area contributed by atoms with Crippen molar-refractivity contribution in [3.05, 3.63) is 147 Å². The Balaban J connectivity index is 0.981. The van der Waals surface area contributed by atoms with Gasteiger partial charge in [-0.25, -0.2) is 4.79 Å². The number of nitrogens with zero attached hydrogens (tertiary/aromatic N) is 2. The summed E-state index contributed by atoms with van der Waals surface area (Å²) < 4.78 is 12.2. The number of hydrogen-bond donors (Lipinski definition) is 3. The standard InChI is InChI=1S/C48H42Cl2N4O7/c49-38-19-10-30(20-39(38)50)27-60-37-17-15-33(16-18-37)44-46(56)52-40-22-35-23-42(54(26-36(35)24-43(40)61-44)47(57)34-4-2-1-3-5-34)45(55)53-41(48(58)59)21-28-6-11-31(12-7-28)32-13-8-29(25-51)9-14-32/h6-20,22,24,34,41-42,44H,1-5,21,23,26-27H2,(H,52,56)(H,53,55)(H,58,59)/t41-,42?,44-/m0/s1. The van der Waals surface area contributed by atoms with Crippen molar-refractivity contribution in [3.63, 3.8) is 0 Å². The van der Waals surface area contributed by atoms with E-state index in [4.69, 9.17) is 37.9 Å². The largest absolute Gasteiger partial charge is 0.489 e. The van der Waals surface area contributed by atoms with E-state index < -0.39 is 30.1 Å². The molecule has 13 heteroatoms. The SMILES string of the molecule is N#Cc1ccc(-c2ccc(C[C@H](NC(=O)C3Cc4cc5c(cc4CN3C(=O)C3CCCCC3)O[C@@H](c3ccc(OCc4ccc(Cl)c(Cl)c4)cc3)C(=O)N5)C(=O)O)cc2)cc1. The van der Waals surface area contributed by atoms with E-state index in [1.54, 1.807) is 59.5 Å². The van der Waals surface area contributed by atoms with Gasteiger partial charge in [0.15, 0.2) is 0 Å². The van der Waals surface area contributed by atoms with Gasteiger partial charge in [0.05, 0.1) is 27.4 Å². The van der Waals surface area contributed by atoms with Gasteiger partial charge in [-0.3, -0.25) is 14.4 Å². The maximum Gasteiger partial charge on any atom is 0.326 e. The molecule has 3 aliphatic rings. The van der Waals surface area contributed by atoms with Crippen molar-refractivity contribution < 1.29 is 33.8 Å². The molecule has 3 N–H and O–H groups in total. The van der Waals surface area contributed by atoms with Crippen molar-refractivity contribution in [2.24, 2.45) is 5.92 Å². The molecule has 5 aromatic carbocycles. The fourth-order valence-corrected chi connectivity index (χ4v) is 8.59. The second-order valence-corrected chi connectivity index (χ2v) is 16.5. The number of fused-ring (bicyclic) bond motifs is 2. The van der Waals surface area contributed by atoms with Crippen molar-refractivity contribution in [3.8, 4) is 28.7 Å². The Morgan fingerprint density at radius 2 is 1.56 bits per heavy atom. The highest BCUT2D eigenvalue weighted by Gasteiger charge is 2.40. The predicted octanol–water partition coefficient (Wildman–Crippen LogP) is 8.83. The van der Waals surface area contributed by atoms with Gasteiger partial charge >= 0.3 is 5.97 Å². The zero-order valence-corrected chi connectivity index (χ0v) is 34.5. The molecule has 3 amide bonds. The topological polar surface area (TPSA) is 158 Å². The van der Waals surface area contributed by atoms with Crippen LogP contribution >= 0.6 is 23.2 Å². The van der Waals surface area contributed by atoms with E-state index in [9.17, 15) is 24.3 Å². The van der Waals surface area contributed by atoms with Crippen LogP contribution in [0, 0.1) is 17.2 Å². The summed E-state index contributed by atoms with van der Waals surface area (Å²) in [5.41, 5.74) is 6.52. The smallest absolute Gasteiger partial charge is 0.326 e. The molecule has 0 radical (unpaired) electrons. The van der Waals surface area contributed by atoms with Crippen molar-refractivity contribution in [1.29, 1.82) is 5.26 Å². The average molecular weight is 858 g/mol. The molecule has 1 fully saturated rings. The van der Waals surface area contributed by atoms with E-state index in [0.717, 1.165) is 59.9 Å². The lowest BCUT2D eigenvalue weighted by atomic mass is 9.85. The third kappa shape index (κ3) is 9.36. The van der Waals surface area contributed by atoms with Crippen molar-refractivity contribution in [1.82, 2.24) is 10.2 Å². The molecule has 8 rings (SSSR count). The van der Waals surface area contributed by atoms with Gasteiger partial charge in [0.25, 0.3) is 5.91 Å². The summed E-state index contributed by atoms with van der Waals surface area (Å²) in [5.74, 6) is -1.45. The van der Waals surface area contributed by atoms with Gasteiger partial charge in [0, 0.05) is 30.9 Å². The van der Waals surface area contributed by atoms with Crippen LogP contribution in [0.5, 0.6) is 11.5 Å². The lowest BCUT2D eigenvalue weighted by Gasteiger charge is -2.39. The number of benzene rings is 5. The number of halogens is 2. The Morgan fingerprint density at radius 1 is 0.869 bits per heavy atom. The van der Waals surface area contributed by atoms with Crippen LogP contribution in [0.4, 0.5) is 5.69 Å². The first-order chi connectivity index (χ1) is 29.5. The van der Waals surface area contributed by atoms with E-state index in [1.807, 2.05) is 48.5 Å². The van der Waals surface area contributed by atoms with Crippen LogP contribution < -0.4 is 20.1 Å². The van der Waals surface area contributed by atoms with E-state index in [2.05, 4.69) is 16.7 Å². The van der Waals surface area contributed by atoms with E-state index in [0.29, 0.717) is 43.9 Å². The molecule has 11 nitrogen and oxygen atoms in total. The first-order valence-electron chi connectivity index (χ1n) is 20.3. The molecule has 0 aromatic heterocycles. The fraction of sp³-hybridized carbons (Fsp3) is 0.271. The highest BCUT2D eigenvalue weighted by atomic mass is 35.5. The van der Waals surface area contributed by atoms with Gasteiger partial charge in [-0.15, -0.1) is 0 Å². The molecule has 1 aliphatic carbocycles. The van der Waals surface area contributed by atoms with Gasteiger partial charge in [-0.1, -0.05) is 97.1 Å². The Bertz CT molecular complexity index is 2520. The number of nitrogens with one attached hydrogen (secondary N) is 2. The Kier molecular flexibility index (Phi) is 12.3. The minimum atomic E-state index is -1.25. The first kappa shape index (κ1) is 41.4. The monoisotopic (exact) mass is 856 g/mol. The van der Waals surface area contributed by atoms with Gasteiger partial charge in [0.1, 0.15) is 30.2 Å². The number of carboxylic acids is 1. The Hall–Kier alpha value is -6.35. The molecular weight excluding hydrogens is 815 g/mol. The number of amides is 3. The number of carboxylic acid groups (broad SMARTS) is 1. The number of hydrogen-bond acceptors (Lipinski definition) is 7. The van der Waals surface area contributed by atoms with Gasteiger partial charge in [0.2, 0.25) is 17.9 Å². The zero-order chi connectivity index (χ0) is 42.6. The van der Waals surface area contributed by atoms with Crippen LogP contribution in [0.3, 0.4) is 0 Å². The molecule has 0 saturated heterocycles. The molecular formula is C48H42Cl2N4O7. The second-order valence-electron chi connectivity index (χ2n) is 15.7. The highest BCUT2D eigenvalue weighted by molar-refractivity contribution is 6.42. The van der Waals surface area contributed by atoms with Crippen LogP contribution in [-0.2, 0) is 45.2 Å². The molecule has 1 saturated carbocycles. The second kappa shape index (κ2) is 18.1. The summed E-state index contributed by atoms with van der Waals surface area (Å²) in [6, 6.07) is 30.4. The third-order valence-corrected chi connectivity index (χ3v) is 12.4. The summed E-state index contributed by atoms with van der Waals surface area (Å²) >= 11 is 12.2. The lowest BCUT2D eigenvalue weighted by molar-refractivity contribution is -0.147. The molecule has 61 heavy (non-hydrogen) atoms. The van der Waals surface area contributed by atoms with Crippen LogP contribution in [0.25, 0.3) is 11.1 Å². The van der Waals surface area contributed by atoms with E-state index in [-0.39, 0.29) is 43.7 Å². The summed E-state index contributed by atoms with van der Waals surface area (Å²) in [6.07, 6.45) is 3.57. The van der Waals surface area contributed by atoms with E-state index >= 15 is 0 Å². The molecule has 0 spiro atoms. The highest BCUT2D eigenvalue weighted by Crippen LogP contribution is 2.40. The number of ether oxygens (including phenoxy) is 2. The summed E-state index contributed by atoms with van der Waals surface area (Å²) in [5, 5.41) is 26.0. The minimum absolute atomic E-state index is 0.0289. The lowest BCUT2D eigenvalue weighted by Crippen LogP contribution is -2.57. The number of rotatable bonds is 11. The third-order valence-electron chi connectivity index (χ3n) is 11.6. The summed E-state index contributed by atoms with van der Waals surface area (Å²) in [7, 11) is 0. The number of nitriles is 1. The van der Waals surface area contributed by atoms with Crippen molar-refractivity contribution in [2.45, 2.75) is 76.3 Å². The average Bonchev–Trinajstić information content (AvgIpc) is 3.28. The maximum atomic E-state index is 14.2. The van der Waals surface area contributed by atoms with Crippen molar-refractivity contribution in [2.75, 3.05) is 5.32 Å². The summed E-state index contributed by atoms with van der Waals surface area (Å²) in [4.78, 5) is 56.1. The number of aliphatic carboxylic acids is 1. The molecule has 310 valence electrons. The van der Waals surface area contributed by atoms with E-state index in [1.165, 1.54) is 0 Å². The summed E-state index contributed by atoms with van der Waals surface area (Å²) in [6.45, 7) is 0.396. The number of carbonyl (C=O) groups excluding carboxylic acids is 3. The zero-order valence-electron chi connectivity index (χ0n) is 33.0. The number of carbonyl (C=O) groups is 4. The van der Waals surface area contributed by atoms with Gasteiger partial charge in [-0.2, -0.15) is 5.26 Å².